The van der Waals surface area contributed by atoms with Crippen LogP contribution in [-0.4, -0.2) is 24.9 Å². The van der Waals surface area contributed by atoms with Gasteiger partial charge in [-0.2, -0.15) is 0 Å². The summed E-state index contributed by atoms with van der Waals surface area (Å²) in [5, 5.41) is 9.03. The highest BCUT2D eigenvalue weighted by Crippen LogP contribution is 2.09. The minimum Gasteiger partial charge on any atom is -0.396 e. The Balaban J connectivity index is 3.03. The van der Waals surface area contributed by atoms with E-state index in [4.69, 9.17) is 9.84 Å². The van der Waals surface area contributed by atoms with Crippen molar-refractivity contribution in [1.82, 2.24) is 0 Å². The summed E-state index contributed by atoms with van der Waals surface area (Å²) in [5.41, 5.74) is 0. The van der Waals surface area contributed by atoms with Crippen molar-refractivity contribution in [3.8, 4) is 0 Å². The summed E-state index contributed by atoms with van der Waals surface area (Å²) in [4.78, 5) is 0. The molecule has 0 aliphatic carbocycles. The first-order chi connectivity index (χ1) is 8.85. The Bertz CT molecular complexity index is 144. The zero-order valence-electron chi connectivity index (χ0n) is 12.6. The van der Waals surface area contributed by atoms with Crippen LogP contribution in [0.3, 0.4) is 0 Å². The Morgan fingerprint density at radius 3 is 2.00 bits per heavy atom. The molecule has 0 aromatic carbocycles. The third kappa shape index (κ3) is 12.4. The maximum absolute atomic E-state index is 9.03. The van der Waals surface area contributed by atoms with E-state index < -0.39 is 0 Å². The number of hydrogen-bond acceptors (Lipinski definition) is 2. The fraction of sp³-hybridized carbons (Fsp3) is 1.00. The molecule has 1 atom stereocenters. The first-order valence-electron chi connectivity index (χ1n) is 8.03. The smallest absolute Gasteiger partial charge is 0.0469 e. The van der Waals surface area contributed by atoms with Gasteiger partial charge in [0.2, 0.25) is 0 Å². The highest BCUT2D eigenvalue weighted by molar-refractivity contribution is 4.54. The van der Waals surface area contributed by atoms with Crippen molar-refractivity contribution in [3.05, 3.63) is 0 Å². The van der Waals surface area contributed by atoms with Gasteiger partial charge in [-0.15, -0.1) is 0 Å². The first kappa shape index (κ1) is 17.9. The number of aliphatic hydroxyl groups excluding tert-OH is 1. The second-order valence-corrected chi connectivity index (χ2v) is 5.33. The molecule has 2 nitrogen and oxygen atoms in total. The molecule has 0 amide bonds. The molecule has 1 N–H and O–H groups in total. The standard InChI is InChI=1S/C16H34O2/c1-3-5-6-7-8-9-10-11-13-18-14-12-16(4-2)15-17/h16-17H,3-15H2,1-2H3. The van der Waals surface area contributed by atoms with Gasteiger partial charge in [0.05, 0.1) is 0 Å². The van der Waals surface area contributed by atoms with Crippen LogP contribution in [0.1, 0.15) is 78.1 Å². The molecule has 0 aromatic rings. The molecule has 0 aliphatic heterocycles. The highest BCUT2D eigenvalue weighted by atomic mass is 16.5. The SMILES string of the molecule is CCCCCCCCCCOCCC(CC)CO. The predicted molar refractivity (Wildman–Crippen MR) is 78.9 cm³/mol. The van der Waals surface area contributed by atoms with Gasteiger partial charge in [0.1, 0.15) is 0 Å². The third-order valence-corrected chi connectivity index (χ3v) is 3.65. The molecule has 0 aliphatic rings. The molecule has 0 heterocycles. The molecule has 0 spiro atoms. The summed E-state index contributed by atoms with van der Waals surface area (Å²) in [6, 6.07) is 0. The Labute approximate surface area is 114 Å². The van der Waals surface area contributed by atoms with Gasteiger partial charge in [0, 0.05) is 19.8 Å². The van der Waals surface area contributed by atoms with Crippen LogP contribution < -0.4 is 0 Å². The van der Waals surface area contributed by atoms with Crippen molar-refractivity contribution in [1.29, 1.82) is 0 Å². The van der Waals surface area contributed by atoms with Crippen LogP contribution in [-0.2, 0) is 4.74 Å². The lowest BCUT2D eigenvalue weighted by Gasteiger charge is -2.11. The summed E-state index contributed by atoms with van der Waals surface area (Å²) in [7, 11) is 0. The zero-order chi connectivity index (χ0) is 13.5. The van der Waals surface area contributed by atoms with E-state index in [2.05, 4.69) is 13.8 Å². The molecular weight excluding hydrogens is 224 g/mol. The second kappa shape index (κ2) is 15.0. The molecule has 0 bridgehead atoms. The van der Waals surface area contributed by atoms with Gasteiger partial charge in [-0.3, -0.25) is 0 Å². The molecule has 0 rings (SSSR count). The largest absolute Gasteiger partial charge is 0.396 e. The minimum atomic E-state index is 0.303. The Hall–Kier alpha value is -0.0800. The summed E-state index contributed by atoms with van der Waals surface area (Å²) < 4.78 is 5.60. The number of ether oxygens (including phenoxy) is 1. The highest BCUT2D eigenvalue weighted by Gasteiger charge is 2.03. The fourth-order valence-corrected chi connectivity index (χ4v) is 2.11. The average molecular weight is 258 g/mol. The van der Waals surface area contributed by atoms with E-state index in [1.165, 1.54) is 51.4 Å². The molecule has 110 valence electrons. The number of hydrogen-bond donors (Lipinski definition) is 1. The van der Waals surface area contributed by atoms with E-state index in [0.29, 0.717) is 12.5 Å². The van der Waals surface area contributed by atoms with Crippen molar-refractivity contribution < 1.29 is 9.84 Å². The van der Waals surface area contributed by atoms with Crippen molar-refractivity contribution in [2.75, 3.05) is 19.8 Å². The topological polar surface area (TPSA) is 29.5 Å². The fourth-order valence-electron chi connectivity index (χ4n) is 2.11. The van der Waals surface area contributed by atoms with Gasteiger partial charge in [0.25, 0.3) is 0 Å². The lowest BCUT2D eigenvalue weighted by molar-refractivity contribution is 0.102. The molecule has 0 fully saturated rings. The van der Waals surface area contributed by atoms with Crippen molar-refractivity contribution in [2.45, 2.75) is 78.1 Å². The van der Waals surface area contributed by atoms with Crippen LogP contribution in [0.2, 0.25) is 0 Å². The van der Waals surface area contributed by atoms with Crippen molar-refractivity contribution in [3.63, 3.8) is 0 Å². The molecule has 0 radical (unpaired) electrons. The summed E-state index contributed by atoms with van der Waals surface area (Å²) in [6.07, 6.45) is 12.9. The molecular formula is C16H34O2. The molecule has 1 unspecified atom stereocenters. The van der Waals surface area contributed by atoms with Gasteiger partial charge in [-0.1, -0.05) is 65.2 Å². The van der Waals surface area contributed by atoms with Crippen LogP contribution in [0.15, 0.2) is 0 Å². The Kier molecular flexibility index (Phi) is 14.9. The third-order valence-electron chi connectivity index (χ3n) is 3.65. The van der Waals surface area contributed by atoms with Gasteiger partial charge < -0.3 is 9.84 Å². The molecule has 0 saturated heterocycles. The molecule has 18 heavy (non-hydrogen) atoms. The van der Waals surface area contributed by atoms with Crippen LogP contribution in [0, 0.1) is 5.92 Å². The van der Waals surface area contributed by atoms with E-state index >= 15 is 0 Å². The zero-order valence-corrected chi connectivity index (χ0v) is 12.6. The van der Waals surface area contributed by atoms with Crippen molar-refractivity contribution in [2.24, 2.45) is 5.92 Å². The molecule has 0 saturated carbocycles. The normalized spacial score (nSPS) is 12.8. The average Bonchev–Trinajstić information content (AvgIpc) is 2.40. The number of unbranched alkanes of at least 4 members (excludes halogenated alkanes) is 7. The summed E-state index contributed by atoms with van der Waals surface area (Å²) >= 11 is 0. The van der Waals surface area contributed by atoms with Crippen LogP contribution >= 0.6 is 0 Å². The van der Waals surface area contributed by atoms with Gasteiger partial charge in [0.15, 0.2) is 0 Å². The number of rotatable bonds is 14. The first-order valence-corrected chi connectivity index (χ1v) is 8.03. The summed E-state index contributed by atoms with van der Waals surface area (Å²) in [5.74, 6) is 0.434. The van der Waals surface area contributed by atoms with E-state index in [0.717, 1.165) is 26.1 Å². The van der Waals surface area contributed by atoms with Gasteiger partial charge in [-0.05, 0) is 18.8 Å². The van der Waals surface area contributed by atoms with Crippen molar-refractivity contribution >= 4 is 0 Å². The monoisotopic (exact) mass is 258 g/mol. The van der Waals surface area contributed by atoms with E-state index in [1.54, 1.807) is 0 Å². The predicted octanol–water partition coefficient (Wildman–Crippen LogP) is 4.55. The van der Waals surface area contributed by atoms with Crippen LogP contribution in [0.4, 0.5) is 0 Å². The Morgan fingerprint density at radius 1 is 0.833 bits per heavy atom. The minimum absolute atomic E-state index is 0.303. The van der Waals surface area contributed by atoms with Gasteiger partial charge in [-0.25, -0.2) is 0 Å². The summed E-state index contributed by atoms with van der Waals surface area (Å²) in [6.45, 7) is 6.40. The molecule has 0 aromatic heterocycles. The van der Waals surface area contributed by atoms with E-state index in [-0.39, 0.29) is 0 Å². The van der Waals surface area contributed by atoms with E-state index in [9.17, 15) is 0 Å². The number of aliphatic hydroxyl groups is 1. The maximum atomic E-state index is 9.03. The lowest BCUT2D eigenvalue weighted by atomic mass is 10.0. The van der Waals surface area contributed by atoms with Crippen LogP contribution in [0.5, 0.6) is 0 Å². The van der Waals surface area contributed by atoms with Gasteiger partial charge >= 0.3 is 0 Å². The second-order valence-electron chi connectivity index (χ2n) is 5.33. The molecule has 2 heteroatoms. The van der Waals surface area contributed by atoms with Crippen LogP contribution in [0.25, 0.3) is 0 Å². The van der Waals surface area contributed by atoms with E-state index in [1.807, 2.05) is 0 Å². The quantitative estimate of drug-likeness (QED) is 0.463. The lowest BCUT2D eigenvalue weighted by Crippen LogP contribution is -2.09. The maximum Gasteiger partial charge on any atom is 0.0469 e. The Morgan fingerprint density at radius 2 is 1.44 bits per heavy atom.